The molecule has 2 heterocycles. The molecular formula is C20H24N2O2. The molecule has 2 fully saturated rings. The van der Waals surface area contributed by atoms with Gasteiger partial charge in [-0.2, -0.15) is 0 Å². The van der Waals surface area contributed by atoms with Gasteiger partial charge >= 0.3 is 0 Å². The summed E-state index contributed by atoms with van der Waals surface area (Å²) >= 11 is 0. The Bertz CT molecular complexity index is 802. The van der Waals surface area contributed by atoms with Gasteiger partial charge in [0.05, 0.1) is 5.41 Å². The molecule has 4 nitrogen and oxygen atoms in total. The number of hydrogen-bond acceptors (Lipinski definition) is 2. The lowest BCUT2D eigenvalue weighted by molar-refractivity contribution is -0.167. The third kappa shape index (κ3) is 1.92. The predicted octanol–water partition coefficient (Wildman–Crippen LogP) is 3.52. The monoisotopic (exact) mass is 324 g/mol. The molecule has 2 amide bonds. The second-order valence-electron chi connectivity index (χ2n) is 8.07. The van der Waals surface area contributed by atoms with Crippen LogP contribution >= 0.6 is 0 Å². The number of aromatic nitrogens is 1. The summed E-state index contributed by atoms with van der Waals surface area (Å²) in [6.07, 6.45) is 2.32. The van der Waals surface area contributed by atoms with Crippen LogP contribution in [0.3, 0.4) is 0 Å². The lowest BCUT2D eigenvalue weighted by Crippen LogP contribution is -2.59. The highest BCUT2D eigenvalue weighted by Crippen LogP contribution is 2.59. The van der Waals surface area contributed by atoms with E-state index in [0.29, 0.717) is 13.0 Å². The Morgan fingerprint density at radius 2 is 1.96 bits per heavy atom. The SMILES string of the molecule is CC1(C)[C@@H]2CC[C@@]1(C)C(=O)N(CCc1cc3ccccc3[nH]1)C2=O. The zero-order valence-electron chi connectivity index (χ0n) is 14.6. The van der Waals surface area contributed by atoms with Crippen molar-refractivity contribution in [3.63, 3.8) is 0 Å². The average molecular weight is 324 g/mol. The minimum atomic E-state index is -0.411. The highest BCUT2D eigenvalue weighted by Gasteiger charge is 2.64. The largest absolute Gasteiger partial charge is 0.358 e. The smallest absolute Gasteiger partial charge is 0.235 e. The number of amides is 2. The maximum atomic E-state index is 13.0. The van der Waals surface area contributed by atoms with Gasteiger partial charge in [-0.3, -0.25) is 14.5 Å². The van der Waals surface area contributed by atoms with Crippen LogP contribution in [-0.2, 0) is 16.0 Å². The number of hydrogen-bond donors (Lipinski definition) is 1. The molecule has 1 saturated carbocycles. The van der Waals surface area contributed by atoms with E-state index in [1.54, 1.807) is 0 Å². The zero-order valence-corrected chi connectivity index (χ0v) is 14.6. The number of carbonyl (C=O) groups excluding carboxylic acids is 2. The molecule has 1 N–H and O–H groups in total. The van der Waals surface area contributed by atoms with Crippen molar-refractivity contribution in [2.75, 3.05) is 6.54 Å². The molecule has 0 radical (unpaired) electrons. The predicted molar refractivity (Wildman–Crippen MR) is 93.3 cm³/mol. The van der Waals surface area contributed by atoms with Gasteiger partial charge in [0.1, 0.15) is 0 Å². The van der Waals surface area contributed by atoms with E-state index in [1.807, 2.05) is 25.1 Å². The Morgan fingerprint density at radius 1 is 1.21 bits per heavy atom. The summed E-state index contributed by atoms with van der Waals surface area (Å²) in [4.78, 5) is 30.8. The molecule has 2 aromatic rings. The number of rotatable bonds is 3. The highest BCUT2D eigenvalue weighted by atomic mass is 16.2. The first-order valence-electron chi connectivity index (χ1n) is 8.77. The van der Waals surface area contributed by atoms with Crippen LogP contribution in [0, 0.1) is 16.7 Å². The van der Waals surface area contributed by atoms with E-state index >= 15 is 0 Å². The van der Waals surface area contributed by atoms with Gasteiger partial charge in [-0.05, 0) is 35.8 Å². The minimum Gasteiger partial charge on any atom is -0.358 e. The van der Waals surface area contributed by atoms with Crippen molar-refractivity contribution >= 4 is 22.7 Å². The summed E-state index contributed by atoms with van der Waals surface area (Å²) in [6.45, 7) is 6.66. The molecule has 2 bridgehead atoms. The summed E-state index contributed by atoms with van der Waals surface area (Å²) < 4.78 is 0. The Labute approximate surface area is 142 Å². The second kappa shape index (κ2) is 4.95. The van der Waals surface area contributed by atoms with Crippen LogP contribution in [-0.4, -0.2) is 28.2 Å². The van der Waals surface area contributed by atoms with Gasteiger partial charge < -0.3 is 4.98 Å². The normalized spacial score (nSPS) is 28.8. The lowest BCUT2D eigenvalue weighted by Gasteiger charge is -2.47. The van der Waals surface area contributed by atoms with Gasteiger partial charge in [0, 0.05) is 30.1 Å². The molecule has 126 valence electrons. The lowest BCUT2D eigenvalue weighted by atomic mass is 9.62. The topological polar surface area (TPSA) is 53.2 Å². The number of piperidine rings is 1. The van der Waals surface area contributed by atoms with E-state index in [-0.39, 0.29) is 23.1 Å². The van der Waals surface area contributed by atoms with E-state index in [9.17, 15) is 9.59 Å². The third-order valence-electron chi connectivity index (χ3n) is 6.70. The van der Waals surface area contributed by atoms with Crippen LogP contribution in [0.4, 0.5) is 0 Å². The molecule has 4 rings (SSSR count). The van der Waals surface area contributed by atoms with E-state index in [4.69, 9.17) is 0 Å². The molecule has 1 aromatic heterocycles. The first kappa shape index (κ1) is 15.4. The Kier molecular flexibility index (Phi) is 3.18. The molecule has 1 aliphatic carbocycles. The number of likely N-dealkylation sites (tertiary alicyclic amines) is 1. The number of nitrogens with zero attached hydrogens (tertiary/aromatic N) is 1. The van der Waals surface area contributed by atoms with Crippen LogP contribution in [0.15, 0.2) is 30.3 Å². The summed E-state index contributed by atoms with van der Waals surface area (Å²) in [5.74, 6) is 0.0151. The summed E-state index contributed by atoms with van der Waals surface area (Å²) in [6, 6.07) is 10.2. The number of carbonyl (C=O) groups is 2. The quantitative estimate of drug-likeness (QED) is 0.878. The van der Waals surface area contributed by atoms with Gasteiger partial charge in [-0.15, -0.1) is 0 Å². The molecular weight excluding hydrogens is 300 g/mol. The number of H-pyrrole nitrogens is 1. The van der Waals surface area contributed by atoms with Crippen molar-refractivity contribution in [3.8, 4) is 0 Å². The summed E-state index contributed by atoms with van der Waals surface area (Å²) in [7, 11) is 0. The molecule has 1 saturated heterocycles. The molecule has 0 unspecified atom stereocenters. The van der Waals surface area contributed by atoms with Crippen LogP contribution < -0.4 is 0 Å². The van der Waals surface area contributed by atoms with Gasteiger partial charge in [0.25, 0.3) is 0 Å². The fourth-order valence-electron chi connectivity index (χ4n) is 4.61. The van der Waals surface area contributed by atoms with Crippen LogP contribution in [0.1, 0.15) is 39.3 Å². The molecule has 0 spiro atoms. The van der Waals surface area contributed by atoms with Gasteiger partial charge in [0.15, 0.2) is 0 Å². The standard InChI is InChI=1S/C20H24N2O2/c1-19(2)15-8-10-20(19,3)18(24)22(17(15)23)11-9-14-12-13-6-4-5-7-16(13)21-14/h4-7,12,15,21H,8-11H2,1-3H3/t15-,20+/m1/s1. The average Bonchev–Trinajstić information content (AvgIpc) is 3.03. The van der Waals surface area contributed by atoms with Gasteiger partial charge in [-0.1, -0.05) is 39.0 Å². The molecule has 1 aromatic carbocycles. The fourth-order valence-corrected chi connectivity index (χ4v) is 4.61. The molecule has 2 aliphatic rings. The number of aromatic amines is 1. The van der Waals surface area contributed by atoms with Crippen LogP contribution in [0.5, 0.6) is 0 Å². The maximum Gasteiger partial charge on any atom is 0.235 e. The first-order chi connectivity index (χ1) is 11.3. The van der Waals surface area contributed by atoms with Crippen molar-refractivity contribution in [1.29, 1.82) is 0 Å². The molecule has 1 aliphatic heterocycles. The Morgan fingerprint density at radius 3 is 2.71 bits per heavy atom. The maximum absolute atomic E-state index is 13.0. The van der Waals surface area contributed by atoms with Crippen molar-refractivity contribution in [1.82, 2.24) is 9.88 Å². The van der Waals surface area contributed by atoms with Crippen molar-refractivity contribution in [2.24, 2.45) is 16.7 Å². The van der Waals surface area contributed by atoms with Crippen molar-refractivity contribution in [2.45, 2.75) is 40.0 Å². The number of fused-ring (bicyclic) bond motifs is 3. The van der Waals surface area contributed by atoms with Crippen LogP contribution in [0.2, 0.25) is 0 Å². The first-order valence-corrected chi connectivity index (χ1v) is 8.77. The second-order valence-corrected chi connectivity index (χ2v) is 8.07. The van der Waals surface area contributed by atoms with E-state index < -0.39 is 5.41 Å². The Hall–Kier alpha value is -2.10. The number of imide groups is 1. The van der Waals surface area contributed by atoms with E-state index in [1.165, 1.54) is 4.90 Å². The molecule has 24 heavy (non-hydrogen) atoms. The van der Waals surface area contributed by atoms with Crippen molar-refractivity contribution in [3.05, 3.63) is 36.0 Å². The third-order valence-corrected chi connectivity index (χ3v) is 6.70. The highest BCUT2D eigenvalue weighted by molar-refractivity contribution is 6.03. The van der Waals surface area contributed by atoms with E-state index in [0.717, 1.165) is 29.4 Å². The van der Waals surface area contributed by atoms with Gasteiger partial charge in [0.2, 0.25) is 11.8 Å². The zero-order chi connectivity index (χ0) is 17.1. The van der Waals surface area contributed by atoms with Crippen molar-refractivity contribution < 1.29 is 9.59 Å². The summed E-state index contributed by atoms with van der Waals surface area (Å²) in [5.41, 5.74) is 1.52. The minimum absolute atomic E-state index is 0.0161. The number of nitrogens with one attached hydrogen (secondary N) is 1. The Balaban J connectivity index is 1.57. The number of para-hydroxylation sites is 1. The fraction of sp³-hybridized carbons (Fsp3) is 0.500. The van der Waals surface area contributed by atoms with Gasteiger partial charge in [-0.25, -0.2) is 0 Å². The van der Waals surface area contributed by atoms with Crippen LogP contribution in [0.25, 0.3) is 10.9 Å². The van der Waals surface area contributed by atoms with E-state index in [2.05, 4.69) is 31.0 Å². The molecule has 2 atom stereocenters. The molecule has 4 heteroatoms. The summed E-state index contributed by atoms with van der Waals surface area (Å²) in [5, 5.41) is 1.16. The number of benzene rings is 1.